The maximum absolute atomic E-state index is 13.6. The summed E-state index contributed by atoms with van der Waals surface area (Å²) in [7, 11) is 0. The fourth-order valence-electron chi connectivity index (χ4n) is 3.83. The van der Waals surface area contributed by atoms with Gasteiger partial charge in [-0.1, -0.05) is 13.8 Å². The van der Waals surface area contributed by atoms with Gasteiger partial charge in [-0.15, -0.1) is 0 Å². The number of carbonyl (C=O) groups is 2. The molecule has 2 aromatic carbocycles. The van der Waals surface area contributed by atoms with E-state index in [1.165, 1.54) is 6.07 Å². The van der Waals surface area contributed by atoms with Crippen LogP contribution in [0.15, 0.2) is 36.4 Å². The van der Waals surface area contributed by atoms with Crippen molar-refractivity contribution >= 4 is 22.9 Å². The highest BCUT2D eigenvalue weighted by Crippen LogP contribution is 2.16. The first-order valence-electron chi connectivity index (χ1n) is 11.4. The predicted molar refractivity (Wildman–Crippen MR) is 129 cm³/mol. The van der Waals surface area contributed by atoms with Crippen molar-refractivity contribution in [2.75, 3.05) is 18.8 Å². The third-order valence-corrected chi connectivity index (χ3v) is 5.83. The lowest BCUT2D eigenvalue weighted by atomic mass is 10.0. The molecule has 6 nitrogen and oxygen atoms in total. The number of halogens is 2. The molecule has 2 amide bonds. The van der Waals surface area contributed by atoms with Crippen molar-refractivity contribution in [2.45, 2.75) is 52.5 Å². The second-order valence-electron chi connectivity index (χ2n) is 8.35. The zero-order valence-electron chi connectivity index (χ0n) is 19.8. The molecule has 0 aromatic heterocycles. The molecule has 2 unspecified atom stereocenters. The van der Waals surface area contributed by atoms with Gasteiger partial charge in [0, 0.05) is 36.3 Å². The van der Waals surface area contributed by atoms with E-state index < -0.39 is 34.7 Å². The Bertz CT molecular complexity index is 1010. The number of rotatable bonds is 12. The maximum atomic E-state index is 13.6. The topological polar surface area (TPSA) is 86.7 Å². The summed E-state index contributed by atoms with van der Waals surface area (Å²) in [6.07, 6.45) is 1.85. The number of carbonyl (C=O) groups excluding carboxylic acids is 2. The van der Waals surface area contributed by atoms with Gasteiger partial charge in [0.05, 0.1) is 5.75 Å². The van der Waals surface area contributed by atoms with Crippen LogP contribution in [-0.4, -0.2) is 50.4 Å². The summed E-state index contributed by atoms with van der Waals surface area (Å²) in [5.41, 5.74) is 1.75. The van der Waals surface area contributed by atoms with E-state index in [0.717, 1.165) is 36.6 Å². The zero-order chi connectivity index (χ0) is 25.3. The van der Waals surface area contributed by atoms with Gasteiger partial charge in [0.15, 0.2) is 11.1 Å². The normalized spacial score (nSPS) is 12.8. The van der Waals surface area contributed by atoms with Gasteiger partial charge in [0.2, 0.25) is 0 Å². The summed E-state index contributed by atoms with van der Waals surface area (Å²) >= 11 is -2.08. The van der Waals surface area contributed by atoms with E-state index in [1.807, 2.05) is 13.8 Å². The van der Waals surface area contributed by atoms with Gasteiger partial charge < -0.3 is 14.8 Å². The highest BCUT2D eigenvalue weighted by molar-refractivity contribution is 7.79. The molecule has 0 bridgehead atoms. The Labute approximate surface area is 202 Å². The van der Waals surface area contributed by atoms with Gasteiger partial charge in [0.1, 0.15) is 11.6 Å². The Morgan fingerprint density at radius 2 is 1.59 bits per heavy atom. The first kappa shape index (κ1) is 27.6. The number of aryl methyl sites for hydroxylation is 1. The number of nitrogens with zero attached hydrogens (tertiary/aromatic N) is 1. The molecule has 0 aliphatic carbocycles. The van der Waals surface area contributed by atoms with Crippen molar-refractivity contribution in [3.8, 4) is 0 Å². The molecule has 2 aromatic rings. The average Bonchev–Trinajstić information content (AvgIpc) is 2.75. The standard InChI is InChI=1S/C25H32F2N2O4S/c1-4-7-29(8-5-2)25(31)20-11-17(3)10-19(15-20)24(30)28-23(6-9-34(32)33)14-18-12-21(26)16-22(27)13-18/h10-13,15-16,23H,4-9,14H2,1-3H3,(H,28,30)(H,32,33). The van der Waals surface area contributed by atoms with Crippen LogP contribution in [0.3, 0.4) is 0 Å². The molecule has 0 saturated carbocycles. The van der Waals surface area contributed by atoms with Gasteiger partial charge in [-0.2, -0.15) is 0 Å². The molecule has 0 saturated heterocycles. The number of hydrogen-bond acceptors (Lipinski definition) is 3. The fourth-order valence-corrected chi connectivity index (χ4v) is 4.31. The van der Waals surface area contributed by atoms with Crippen LogP contribution in [0.2, 0.25) is 0 Å². The Balaban J connectivity index is 2.26. The maximum Gasteiger partial charge on any atom is 0.253 e. The zero-order valence-corrected chi connectivity index (χ0v) is 20.6. The van der Waals surface area contributed by atoms with Crippen LogP contribution in [0.25, 0.3) is 0 Å². The van der Waals surface area contributed by atoms with E-state index in [4.69, 9.17) is 0 Å². The second-order valence-corrected chi connectivity index (χ2v) is 9.40. The van der Waals surface area contributed by atoms with Gasteiger partial charge >= 0.3 is 0 Å². The summed E-state index contributed by atoms with van der Waals surface area (Å²) in [5, 5.41) is 2.79. The molecule has 0 heterocycles. The number of benzene rings is 2. The number of nitrogens with one attached hydrogen (secondary N) is 1. The molecule has 186 valence electrons. The molecule has 0 radical (unpaired) electrons. The highest BCUT2D eigenvalue weighted by atomic mass is 32.2. The van der Waals surface area contributed by atoms with Gasteiger partial charge in [-0.05, 0) is 74.1 Å². The molecule has 9 heteroatoms. The molecule has 0 aliphatic heterocycles. The lowest BCUT2D eigenvalue weighted by molar-refractivity contribution is 0.0755. The van der Waals surface area contributed by atoms with Crippen LogP contribution in [-0.2, 0) is 17.5 Å². The first-order chi connectivity index (χ1) is 16.1. The van der Waals surface area contributed by atoms with Crippen LogP contribution in [0.5, 0.6) is 0 Å². The van der Waals surface area contributed by atoms with Gasteiger partial charge in [-0.3, -0.25) is 9.59 Å². The first-order valence-corrected chi connectivity index (χ1v) is 12.6. The minimum Gasteiger partial charge on any atom is -0.349 e. The molecule has 34 heavy (non-hydrogen) atoms. The predicted octanol–water partition coefficient (Wildman–Crippen LogP) is 4.49. The smallest absolute Gasteiger partial charge is 0.253 e. The molecule has 2 rings (SSSR count). The molecule has 2 N–H and O–H groups in total. The lowest BCUT2D eigenvalue weighted by Gasteiger charge is -2.22. The Morgan fingerprint density at radius 3 is 2.15 bits per heavy atom. The Hall–Kier alpha value is -2.65. The average molecular weight is 495 g/mol. The largest absolute Gasteiger partial charge is 0.349 e. The van der Waals surface area contributed by atoms with Crippen molar-refractivity contribution in [1.29, 1.82) is 0 Å². The van der Waals surface area contributed by atoms with E-state index in [0.29, 0.717) is 24.2 Å². The van der Waals surface area contributed by atoms with Crippen molar-refractivity contribution in [3.05, 3.63) is 70.3 Å². The van der Waals surface area contributed by atoms with E-state index in [9.17, 15) is 27.1 Å². The van der Waals surface area contributed by atoms with Gasteiger partial charge in [-0.25, -0.2) is 13.0 Å². The minimum absolute atomic E-state index is 0.0794. The molecule has 0 fully saturated rings. The van der Waals surface area contributed by atoms with E-state index in [1.54, 1.807) is 24.0 Å². The van der Waals surface area contributed by atoms with E-state index in [2.05, 4.69) is 5.32 Å². The lowest BCUT2D eigenvalue weighted by Crippen LogP contribution is -2.38. The SMILES string of the molecule is CCCN(CCC)C(=O)c1cc(C)cc(C(=O)NC(CCS(=O)O)Cc2cc(F)cc(F)c2)c1. The van der Waals surface area contributed by atoms with E-state index in [-0.39, 0.29) is 30.1 Å². The number of amides is 2. The van der Waals surface area contributed by atoms with Crippen molar-refractivity contribution in [3.63, 3.8) is 0 Å². The van der Waals surface area contributed by atoms with Crippen LogP contribution in [0, 0.1) is 18.6 Å². The summed E-state index contributed by atoms with van der Waals surface area (Å²) in [5.74, 6) is -2.21. The van der Waals surface area contributed by atoms with Crippen molar-refractivity contribution < 1.29 is 27.1 Å². The Kier molecular flexibility index (Phi) is 10.8. The second kappa shape index (κ2) is 13.3. The summed E-state index contributed by atoms with van der Waals surface area (Å²) in [6, 6.07) is 7.37. The molecular formula is C25H32F2N2O4S. The van der Waals surface area contributed by atoms with Crippen LogP contribution in [0.1, 0.15) is 65.0 Å². The Morgan fingerprint density at radius 1 is 1.00 bits per heavy atom. The molecule has 0 spiro atoms. The molecular weight excluding hydrogens is 462 g/mol. The van der Waals surface area contributed by atoms with Crippen LogP contribution < -0.4 is 5.32 Å². The van der Waals surface area contributed by atoms with Gasteiger partial charge in [0.25, 0.3) is 11.8 Å². The summed E-state index contributed by atoms with van der Waals surface area (Å²) in [4.78, 5) is 27.8. The summed E-state index contributed by atoms with van der Waals surface area (Å²) < 4.78 is 47.6. The fraction of sp³-hybridized carbons (Fsp3) is 0.440. The van der Waals surface area contributed by atoms with Crippen LogP contribution >= 0.6 is 0 Å². The highest BCUT2D eigenvalue weighted by Gasteiger charge is 2.20. The van der Waals surface area contributed by atoms with E-state index >= 15 is 0 Å². The van der Waals surface area contributed by atoms with Crippen molar-refractivity contribution in [2.24, 2.45) is 0 Å². The third kappa shape index (κ3) is 8.61. The van der Waals surface area contributed by atoms with Crippen LogP contribution in [0.4, 0.5) is 8.78 Å². The molecule has 0 aliphatic rings. The quantitative estimate of drug-likeness (QED) is 0.426. The monoisotopic (exact) mass is 494 g/mol. The summed E-state index contributed by atoms with van der Waals surface area (Å²) in [6.45, 7) is 7.02. The molecule has 2 atom stereocenters. The third-order valence-electron chi connectivity index (χ3n) is 5.24. The number of hydrogen-bond donors (Lipinski definition) is 2. The minimum atomic E-state index is -2.08. The van der Waals surface area contributed by atoms with Crippen molar-refractivity contribution in [1.82, 2.24) is 10.2 Å².